The highest BCUT2D eigenvalue weighted by Gasteiger charge is 2.29. The monoisotopic (exact) mass is 416 g/mol. The van der Waals surface area contributed by atoms with Crippen LogP contribution in [0.3, 0.4) is 0 Å². The molecule has 1 heterocycles. The Balaban J connectivity index is 1.45. The number of amides is 1. The van der Waals surface area contributed by atoms with Gasteiger partial charge in [-0.15, -0.1) is 0 Å². The molecule has 1 atom stereocenters. The van der Waals surface area contributed by atoms with Crippen LogP contribution in [0.25, 0.3) is 0 Å². The number of fused-ring (bicyclic) bond motifs is 1. The van der Waals surface area contributed by atoms with Crippen molar-refractivity contribution < 1.29 is 14.3 Å². The Hall–Kier alpha value is -3.47. The zero-order valence-electron chi connectivity index (χ0n) is 18.0. The van der Waals surface area contributed by atoms with E-state index in [1.54, 1.807) is 7.11 Å². The van der Waals surface area contributed by atoms with Gasteiger partial charge in [-0.3, -0.25) is 4.79 Å². The van der Waals surface area contributed by atoms with Gasteiger partial charge in [0.05, 0.1) is 25.3 Å². The van der Waals surface area contributed by atoms with Crippen molar-refractivity contribution in [2.45, 2.75) is 32.5 Å². The molecule has 0 aliphatic carbocycles. The van der Waals surface area contributed by atoms with Crippen LogP contribution in [0.4, 0.5) is 5.69 Å². The molecule has 0 fully saturated rings. The van der Waals surface area contributed by atoms with Gasteiger partial charge in [0.25, 0.3) is 0 Å². The molecule has 3 aromatic rings. The minimum atomic E-state index is -0.0359. The molecule has 0 aromatic heterocycles. The highest BCUT2D eigenvalue weighted by atomic mass is 16.5. The molecule has 1 unspecified atom stereocenters. The number of hydrogen-bond acceptors (Lipinski definition) is 4. The molecule has 1 amide bonds. The van der Waals surface area contributed by atoms with Crippen LogP contribution in [-0.2, 0) is 17.9 Å². The van der Waals surface area contributed by atoms with Gasteiger partial charge in [-0.25, -0.2) is 0 Å². The van der Waals surface area contributed by atoms with Crippen LogP contribution in [0.2, 0.25) is 0 Å². The van der Waals surface area contributed by atoms with Gasteiger partial charge in [-0.1, -0.05) is 48.5 Å². The second kappa shape index (κ2) is 9.56. The standard InChI is InChI=1S/C26H28N2O3/c1-19-8-13-24-25(14-19)31-18-22(28(24)17-21-6-4-3-5-7-21)15-26(29)27-16-20-9-11-23(30-2)12-10-20/h3-14,22H,15-18H2,1-2H3,(H,27,29). The Kier molecular flexibility index (Phi) is 6.41. The number of rotatable bonds is 7. The van der Waals surface area contributed by atoms with E-state index in [1.807, 2.05) is 42.5 Å². The number of nitrogens with one attached hydrogen (secondary N) is 1. The summed E-state index contributed by atoms with van der Waals surface area (Å²) in [7, 11) is 1.64. The Bertz CT molecular complexity index is 1020. The zero-order chi connectivity index (χ0) is 21.6. The van der Waals surface area contributed by atoms with Crippen molar-refractivity contribution in [2.24, 2.45) is 0 Å². The van der Waals surface area contributed by atoms with Crippen LogP contribution in [-0.4, -0.2) is 25.7 Å². The minimum Gasteiger partial charge on any atom is -0.497 e. The van der Waals surface area contributed by atoms with E-state index < -0.39 is 0 Å². The summed E-state index contributed by atoms with van der Waals surface area (Å²) >= 11 is 0. The molecule has 0 saturated carbocycles. The number of hydrogen-bond donors (Lipinski definition) is 1. The molecular weight excluding hydrogens is 388 g/mol. The number of methoxy groups -OCH3 is 1. The quantitative estimate of drug-likeness (QED) is 0.617. The first-order chi connectivity index (χ1) is 15.1. The van der Waals surface area contributed by atoms with E-state index in [-0.39, 0.29) is 11.9 Å². The summed E-state index contributed by atoms with van der Waals surface area (Å²) in [4.78, 5) is 15.0. The summed E-state index contributed by atoms with van der Waals surface area (Å²) in [5.41, 5.74) is 4.44. The maximum absolute atomic E-state index is 12.8. The predicted octanol–water partition coefficient (Wildman–Crippen LogP) is 4.48. The zero-order valence-corrected chi connectivity index (χ0v) is 18.0. The fourth-order valence-corrected chi connectivity index (χ4v) is 3.84. The van der Waals surface area contributed by atoms with Gasteiger partial charge in [0.15, 0.2) is 0 Å². The molecule has 0 bridgehead atoms. The summed E-state index contributed by atoms with van der Waals surface area (Å²) in [6, 6.07) is 24.3. The summed E-state index contributed by atoms with van der Waals surface area (Å²) in [5, 5.41) is 3.04. The second-order valence-electron chi connectivity index (χ2n) is 7.88. The molecular formula is C26H28N2O3. The van der Waals surface area contributed by atoms with E-state index in [0.717, 1.165) is 34.9 Å². The number of benzene rings is 3. The molecule has 4 rings (SSSR count). The van der Waals surface area contributed by atoms with E-state index >= 15 is 0 Å². The van der Waals surface area contributed by atoms with Gasteiger partial charge in [0.1, 0.15) is 18.1 Å². The molecule has 5 nitrogen and oxygen atoms in total. The smallest absolute Gasteiger partial charge is 0.222 e. The topological polar surface area (TPSA) is 50.8 Å². The molecule has 0 spiro atoms. The molecule has 0 radical (unpaired) electrons. The number of ether oxygens (including phenoxy) is 2. The number of aryl methyl sites for hydroxylation is 1. The Morgan fingerprint density at radius 3 is 2.58 bits per heavy atom. The summed E-state index contributed by atoms with van der Waals surface area (Å²) in [5.74, 6) is 1.70. The third-order valence-electron chi connectivity index (χ3n) is 5.56. The van der Waals surface area contributed by atoms with E-state index in [2.05, 4.69) is 47.5 Å². The number of carbonyl (C=O) groups is 1. The molecule has 3 aromatic carbocycles. The molecule has 1 aliphatic rings. The van der Waals surface area contributed by atoms with Gasteiger partial charge in [0.2, 0.25) is 5.91 Å². The molecule has 1 aliphatic heterocycles. The van der Waals surface area contributed by atoms with Gasteiger partial charge < -0.3 is 19.7 Å². The summed E-state index contributed by atoms with van der Waals surface area (Å²) < 4.78 is 11.2. The first kappa shape index (κ1) is 20.8. The minimum absolute atomic E-state index is 0.0121. The Morgan fingerprint density at radius 1 is 1.06 bits per heavy atom. The van der Waals surface area contributed by atoms with Crippen molar-refractivity contribution in [3.63, 3.8) is 0 Å². The predicted molar refractivity (Wildman–Crippen MR) is 123 cm³/mol. The maximum Gasteiger partial charge on any atom is 0.222 e. The van der Waals surface area contributed by atoms with E-state index in [1.165, 1.54) is 5.56 Å². The van der Waals surface area contributed by atoms with E-state index in [9.17, 15) is 4.79 Å². The molecule has 1 N–H and O–H groups in total. The number of anilines is 1. The lowest BCUT2D eigenvalue weighted by atomic mass is 10.0. The molecule has 5 heteroatoms. The van der Waals surface area contributed by atoms with Crippen LogP contribution in [0.1, 0.15) is 23.1 Å². The largest absolute Gasteiger partial charge is 0.497 e. The lowest BCUT2D eigenvalue weighted by Gasteiger charge is -2.38. The van der Waals surface area contributed by atoms with Crippen molar-refractivity contribution in [3.8, 4) is 11.5 Å². The fourth-order valence-electron chi connectivity index (χ4n) is 3.84. The Labute approximate surface area is 183 Å². The van der Waals surface area contributed by atoms with Crippen LogP contribution in [0.5, 0.6) is 11.5 Å². The first-order valence-electron chi connectivity index (χ1n) is 10.6. The lowest BCUT2D eigenvalue weighted by Crippen LogP contribution is -2.45. The fraction of sp³-hybridized carbons (Fsp3) is 0.269. The van der Waals surface area contributed by atoms with Crippen molar-refractivity contribution in [1.82, 2.24) is 5.32 Å². The van der Waals surface area contributed by atoms with E-state index in [0.29, 0.717) is 19.6 Å². The Morgan fingerprint density at radius 2 is 1.84 bits per heavy atom. The van der Waals surface area contributed by atoms with Gasteiger partial charge in [0, 0.05) is 13.1 Å². The highest BCUT2D eigenvalue weighted by molar-refractivity contribution is 5.77. The normalized spacial score (nSPS) is 15.0. The SMILES string of the molecule is COc1ccc(CNC(=O)CC2COc3cc(C)ccc3N2Cc2ccccc2)cc1. The van der Waals surface area contributed by atoms with Crippen LogP contribution in [0.15, 0.2) is 72.8 Å². The maximum atomic E-state index is 12.8. The molecule has 160 valence electrons. The summed E-state index contributed by atoms with van der Waals surface area (Å²) in [6.07, 6.45) is 0.371. The second-order valence-corrected chi connectivity index (χ2v) is 7.88. The van der Waals surface area contributed by atoms with Crippen molar-refractivity contribution in [2.75, 3.05) is 18.6 Å². The third kappa shape index (κ3) is 5.18. The summed E-state index contributed by atoms with van der Waals surface area (Å²) in [6.45, 7) is 3.77. The number of nitrogens with zero attached hydrogens (tertiary/aromatic N) is 1. The van der Waals surface area contributed by atoms with E-state index in [4.69, 9.17) is 9.47 Å². The van der Waals surface area contributed by atoms with Crippen LogP contribution >= 0.6 is 0 Å². The third-order valence-corrected chi connectivity index (χ3v) is 5.56. The van der Waals surface area contributed by atoms with Crippen LogP contribution < -0.4 is 19.7 Å². The van der Waals surface area contributed by atoms with Crippen LogP contribution in [0, 0.1) is 6.92 Å². The van der Waals surface area contributed by atoms with Gasteiger partial charge in [-0.2, -0.15) is 0 Å². The highest BCUT2D eigenvalue weighted by Crippen LogP contribution is 2.36. The van der Waals surface area contributed by atoms with Gasteiger partial charge >= 0.3 is 0 Å². The number of carbonyl (C=O) groups excluding carboxylic acids is 1. The molecule has 31 heavy (non-hydrogen) atoms. The average Bonchev–Trinajstić information content (AvgIpc) is 2.80. The molecule has 0 saturated heterocycles. The van der Waals surface area contributed by atoms with Crippen molar-refractivity contribution in [3.05, 3.63) is 89.5 Å². The van der Waals surface area contributed by atoms with Gasteiger partial charge in [-0.05, 0) is 47.9 Å². The van der Waals surface area contributed by atoms with Crippen molar-refractivity contribution >= 4 is 11.6 Å². The average molecular weight is 417 g/mol. The lowest BCUT2D eigenvalue weighted by molar-refractivity contribution is -0.121. The van der Waals surface area contributed by atoms with Crippen molar-refractivity contribution in [1.29, 1.82) is 0 Å². The first-order valence-corrected chi connectivity index (χ1v) is 10.6.